The lowest BCUT2D eigenvalue weighted by Gasteiger charge is -2.36. The molecule has 30 heavy (non-hydrogen) atoms. The third-order valence-electron chi connectivity index (χ3n) is 6.97. The summed E-state index contributed by atoms with van der Waals surface area (Å²) in [7, 11) is 0. The normalized spacial score (nSPS) is 16.0. The van der Waals surface area contributed by atoms with Gasteiger partial charge in [0.05, 0.1) is 19.6 Å². The van der Waals surface area contributed by atoms with Crippen molar-refractivity contribution in [3.05, 3.63) is 0 Å². The quantitative estimate of drug-likeness (QED) is 0.230. The van der Waals surface area contributed by atoms with Crippen molar-refractivity contribution in [1.82, 2.24) is 0 Å². The molecule has 180 valence electrons. The number of unbranched alkanes of at least 4 members (excludes halogenated alkanes) is 15. The van der Waals surface area contributed by atoms with Gasteiger partial charge in [-0.2, -0.15) is 0 Å². The molecule has 1 heterocycles. The second-order valence-electron chi connectivity index (χ2n) is 9.78. The average molecular weight is 446 g/mol. The van der Waals surface area contributed by atoms with Crippen LogP contribution in [0.3, 0.4) is 0 Å². The average Bonchev–Trinajstić information content (AvgIpc) is 2.93. The first kappa shape index (κ1) is 29.7. The topological polar surface area (TPSA) is 37.3 Å². The van der Waals surface area contributed by atoms with Crippen LogP contribution in [-0.2, 0) is 4.79 Å². The molecule has 0 unspecified atom stereocenters. The van der Waals surface area contributed by atoms with E-state index < -0.39 is 5.97 Å². The summed E-state index contributed by atoms with van der Waals surface area (Å²) in [5.41, 5.74) is 0. The van der Waals surface area contributed by atoms with E-state index in [0.29, 0.717) is 6.54 Å². The number of aliphatic carboxylic acids is 1. The number of nitrogens with zero attached hydrogens (tertiary/aromatic N) is 1. The summed E-state index contributed by atoms with van der Waals surface area (Å²) in [6, 6.07) is 0. The standard InChI is InChI=1S/C26H51NO2.ClH/c1-2-3-4-5-6-7-8-9-10-11-12-13-14-15-16-19-22-27(25-26(28)29)23-20-17-18-21-24-27;/h2-25H2,1H3;1H. The van der Waals surface area contributed by atoms with Crippen LogP contribution in [-0.4, -0.2) is 41.7 Å². The van der Waals surface area contributed by atoms with Gasteiger partial charge in [0.25, 0.3) is 0 Å². The fraction of sp³-hybridized carbons (Fsp3) is 0.962. The number of carboxylic acids is 1. The number of quaternary nitrogens is 1. The van der Waals surface area contributed by atoms with Crippen molar-refractivity contribution in [1.29, 1.82) is 0 Å². The first-order chi connectivity index (χ1) is 14.2. The zero-order valence-electron chi connectivity index (χ0n) is 20.2. The van der Waals surface area contributed by atoms with Crippen LogP contribution in [0.2, 0.25) is 0 Å². The predicted molar refractivity (Wildman–Crippen MR) is 125 cm³/mol. The minimum Gasteiger partial charge on any atom is -1.00 e. The summed E-state index contributed by atoms with van der Waals surface area (Å²) >= 11 is 0. The molecule has 0 aromatic rings. The van der Waals surface area contributed by atoms with Gasteiger partial charge in [-0.25, -0.2) is 4.79 Å². The molecular formula is C26H52ClNO2. The fourth-order valence-corrected chi connectivity index (χ4v) is 5.10. The second kappa shape index (κ2) is 20.6. The van der Waals surface area contributed by atoms with Gasteiger partial charge < -0.3 is 22.0 Å². The smallest absolute Gasteiger partial charge is 0.359 e. The van der Waals surface area contributed by atoms with Gasteiger partial charge in [-0.1, -0.05) is 96.8 Å². The maximum atomic E-state index is 11.3. The molecule has 0 spiro atoms. The second-order valence-corrected chi connectivity index (χ2v) is 9.78. The number of likely N-dealkylation sites (tertiary alicyclic amines) is 1. The lowest BCUT2D eigenvalue weighted by molar-refractivity contribution is -0.920. The van der Waals surface area contributed by atoms with Crippen molar-refractivity contribution in [3.8, 4) is 0 Å². The van der Waals surface area contributed by atoms with Crippen LogP contribution < -0.4 is 12.4 Å². The minimum atomic E-state index is -0.608. The van der Waals surface area contributed by atoms with Crippen molar-refractivity contribution >= 4 is 5.97 Å². The number of halogens is 1. The van der Waals surface area contributed by atoms with Crippen LogP contribution >= 0.6 is 0 Å². The molecule has 1 saturated heterocycles. The number of hydrogen-bond acceptors (Lipinski definition) is 1. The molecule has 1 aliphatic heterocycles. The Hall–Kier alpha value is -0.280. The number of rotatable bonds is 19. The Balaban J connectivity index is 0.00000841. The highest BCUT2D eigenvalue weighted by molar-refractivity contribution is 5.67. The van der Waals surface area contributed by atoms with E-state index in [2.05, 4.69) is 6.92 Å². The molecule has 0 aromatic heterocycles. The van der Waals surface area contributed by atoms with Gasteiger partial charge >= 0.3 is 5.97 Å². The maximum Gasteiger partial charge on any atom is 0.359 e. The number of hydrogen-bond donors (Lipinski definition) is 1. The molecule has 0 atom stereocenters. The fourth-order valence-electron chi connectivity index (χ4n) is 5.10. The summed E-state index contributed by atoms with van der Waals surface area (Å²) in [4.78, 5) is 11.3. The Kier molecular flexibility index (Phi) is 20.4. The van der Waals surface area contributed by atoms with Crippen molar-refractivity contribution < 1.29 is 26.8 Å². The van der Waals surface area contributed by atoms with Crippen LogP contribution in [0.5, 0.6) is 0 Å². The van der Waals surface area contributed by atoms with E-state index in [-0.39, 0.29) is 12.4 Å². The van der Waals surface area contributed by atoms with Crippen molar-refractivity contribution in [3.63, 3.8) is 0 Å². The first-order valence-corrected chi connectivity index (χ1v) is 13.3. The largest absolute Gasteiger partial charge is 1.00 e. The highest BCUT2D eigenvalue weighted by Gasteiger charge is 2.30. The Morgan fingerprint density at radius 2 is 1.00 bits per heavy atom. The Bertz CT molecular complexity index is 381. The third kappa shape index (κ3) is 16.4. The van der Waals surface area contributed by atoms with Crippen LogP contribution in [0.1, 0.15) is 135 Å². The van der Waals surface area contributed by atoms with E-state index >= 15 is 0 Å². The van der Waals surface area contributed by atoms with Crippen LogP contribution in [0, 0.1) is 0 Å². The Morgan fingerprint density at radius 1 is 0.633 bits per heavy atom. The van der Waals surface area contributed by atoms with Gasteiger partial charge in [-0.05, 0) is 38.5 Å². The Labute approximate surface area is 194 Å². The van der Waals surface area contributed by atoms with Crippen molar-refractivity contribution in [2.45, 2.75) is 135 Å². The molecule has 1 N–H and O–H groups in total. The molecule has 0 aromatic carbocycles. The van der Waals surface area contributed by atoms with E-state index in [0.717, 1.165) is 24.1 Å². The third-order valence-corrected chi connectivity index (χ3v) is 6.97. The van der Waals surface area contributed by atoms with Gasteiger partial charge in [-0.3, -0.25) is 0 Å². The molecule has 0 amide bonds. The molecule has 1 fully saturated rings. The summed E-state index contributed by atoms with van der Waals surface area (Å²) in [6.45, 7) is 5.90. The minimum absolute atomic E-state index is 0. The molecule has 4 heteroatoms. The van der Waals surface area contributed by atoms with E-state index in [4.69, 9.17) is 0 Å². The van der Waals surface area contributed by atoms with Crippen molar-refractivity contribution in [2.75, 3.05) is 26.2 Å². The maximum absolute atomic E-state index is 11.3. The zero-order valence-corrected chi connectivity index (χ0v) is 20.9. The van der Waals surface area contributed by atoms with E-state index in [1.807, 2.05) is 0 Å². The lowest BCUT2D eigenvalue weighted by atomic mass is 10.0. The summed E-state index contributed by atoms with van der Waals surface area (Å²) in [5, 5.41) is 9.34. The molecule has 3 nitrogen and oxygen atoms in total. The number of carboxylic acid groups (broad SMARTS) is 1. The van der Waals surface area contributed by atoms with Crippen molar-refractivity contribution in [2.24, 2.45) is 0 Å². The summed E-state index contributed by atoms with van der Waals surface area (Å²) in [5.74, 6) is -0.608. The summed E-state index contributed by atoms with van der Waals surface area (Å²) < 4.78 is 0.855. The van der Waals surface area contributed by atoms with E-state index in [1.165, 1.54) is 128 Å². The van der Waals surface area contributed by atoms with E-state index in [1.54, 1.807) is 0 Å². The molecule has 0 saturated carbocycles. The van der Waals surface area contributed by atoms with Gasteiger partial charge in [0.15, 0.2) is 6.54 Å². The predicted octanol–water partition coefficient (Wildman–Crippen LogP) is 4.73. The molecule has 0 radical (unpaired) electrons. The van der Waals surface area contributed by atoms with Gasteiger partial charge in [0.2, 0.25) is 0 Å². The van der Waals surface area contributed by atoms with E-state index in [9.17, 15) is 9.90 Å². The highest BCUT2D eigenvalue weighted by Crippen LogP contribution is 2.20. The van der Waals surface area contributed by atoms with Gasteiger partial charge in [0.1, 0.15) is 0 Å². The summed E-state index contributed by atoms with van der Waals surface area (Å²) in [6.07, 6.45) is 27.3. The lowest BCUT2D eigenvalue weighted by Crippen LogP contribution is -3.00. The Morgan fingerprint density at radius 3 is 1.37 bits per heavy atom. The van der Waals surface area contributed by atoms with Gasteiger partial charge in [0, 0.05) is 0 Å². The molecule has 0 bridgehead atoms. The van der Waals surface area contributed by atoms with Crippen LogP contribution in [0.15, 0.2) is 0 Å². The van der Waals surface area contributed by atoms with Crippen LogP contribution in [0.4, 0.5) is 0 Å². The monoisotopic (exact) mass is 445 g/mol. The number of carbonyl (C=O) groups is 1. The molecule has 0 aliphatic carbocycles. The molecule has 1 rings (SSSR count). The van der Waals surface area contributed by atoms with Gasteiger partial charge in [-0.15, -0.1) is 0 Å². The zero-order chi connectivity index (χ0) is 21.0. The molecular weight excluding hydrogens is 394 g/mol. The first-order valence-electron chi connectivity index (χ1n) is 13.3. The van der Waals surface area contributed by atoms with Crippen LogP contribution in [0.25, 0.3) is 0 Å². The highest BCUT2D eigenvalue weighted by atomic mass is 35.5. The molecule has 1 aliphatic rings. The SMILES string of the molecule is CCCCCCCCCCCCCCCCCC[N+]1(CC(=O)O)CCCCCC1.[Cl-].